The third kappa shape index (κ3) is 6.12. The average Bonchev–Trinajstić information content (AvgIpc) is 2.86. The van der Waals surface area contributed by atoms with Gasteiger partial charge in [0.05, 0.1) is 6.26 Å². The predicted octanol–water partition coefficient (Wildman–Crippen LogP) is 4.40. The van der Waals surface area contributed by atoms with E-state index in [2.05, 4.69) is 25.2 Å². The van der Waals surface area contributed by atoms with Crippen LogP contribution in [0.5, 0.6) is 0 Å². The topological polar surface area (TPSA) is 33.4 Å². The summed E-state index contributed by atoms with van der Waals surface area (Å²) in [6.07, 6.45) is 14.7. The highest BCUT2D eigenvalue weighted by Gasteiger charge is 2.06. The number of furan rings is 1. The van der Waals surface area contributed by atoms with E-state index in [0.29, 0.717) is 12.2 Å². The molecular weight excluding hydrogens is 212 g/mol. The van der Waals surface area contributed by atoms with Crippen LogP contribution in [0.1, 0.15) is 50.9 Å². The molecule has 0 aliphatic rings. The SMILES string of the molecule is CCCC/C=C/C/C=C/CC(O)c1ccco1. The van der Waals surface area contributed by atoms with Gasteiger partial charge in [0.1, 0.15) is 11.9 Å². The molecule has 2 heteroatoms. The largest absolute Gasteiger partial charge is 0.467 e. The van der Waals surface area contributed by atoms with Gasteiger partial charge in [-0.1, -0.05) is 44.1 Å². The van der Waals surface area contributed by atoms with Crippen LogP contribution < -0.4 is 0 Å². The van der Waals surface area contributed by atoms with E-state index in [4.69, 9.17) is 4.42 Å². The Balaban J connectivity index is 2.11. The Hall–Kier alpha value is -1.28. The van der Waals surface area contributed by atoms with Gasteiger partial charge in [-0.05, 0) is 31.4 Å². The van der Waals surface area contributed by atoms with Crippen molar-refractivity contribution in [1.82, 2.24) is 0 Å². The number of aliphatic hydroxyl groups is 1. The molecule has 17 heavy (non-hydrogen) atoms. The first-order valence-corrected chi connectivity index (χ1v) is 6.36. The van der Waals surface area contributed by atoms with E-state index in [1.807, 2.05) is 6.08 Å². The van der Waals surface area contributed by atoms with Gasteiger partial charge in [-0.2, -0.15) is 0 Å². The lowest BCUT2D eigenvalue weighted by Crippen LogP contribution is -1.92. The van der Waals surface area contributed by atoms with Crippen LogP contribution in [0.15, 0.2) is 47.1 Å². The normalized spacial score (nSPS) is 13.8. The van der Waals surface area contributed by atoms with E-state index in [1.165, 1.54) is 19.3 Å². The molecule has 0 aliphatic carbocycles. The highest BCUT2D eigenvalue weighted by molar-refractivity contribution is 5.04. The number of allylic oxidation sites excluding steroid dienone is 3. The first kappa shape index (κ1) is 13.8. The molecule has 1 unspecified atom stereocenters. The molecule has 94 valence electrons. The average molecular weight is 234 g/mol. The summed E-state index contributed by atoms with van der Waals surface area (Å²) in [5.41, 5.74) is 0. The van der Waals surface area contributed by atoms with Crippen LogP contribution >= 0.6 is 0 Å². The van der Waals surface area contributed by atoms with Gasteiger partial charge in [-0.15, -0.1) is 0 Å². The van der Waals surface area contributed by atoms with Crippen molar-refractivity contribution in [2.24, 2.45) is 0 Å². The summed E-state index contributed by atoms with van der Waals surface area (Å²) in [5.74, 6) is 0.633. The molecule has 1 aromatic heterocycles. The molecule has 1 N–H and O–H groups in total. The minimum absolute atomic E-state index is 0.523. The van der Waals surface area contributed by atoms with Crippen LogP contribution in [0.25, 0.3) is 0 Å². The van der Waals surface area contributed by atoms with Crippen LogP contribution in [0.3, 0.4) is 0 Å². The van der Waals surface area contributed by atoms with E-state index in [1.54, 1.807) is 18.4 Å². The molecule has 0 fully saturated rings. The maximum atomic E-state index is 9.72. The minimum atomic E-state index is -0.523. The molecule has 0 aliphatic heterocycles. The van der Waals surface area contributed by atoms with Crippen molar-refractivity contribution in [3.63, 3.8) is 0 Å². The molecule has 0 amide bonds. The number of hydrogen-bond acceptors (Lipinski definition) is 2. The van der Waals surface area contributed by atoms with Gasteiger partial charge >= 0.3 is 0 Å². The monoisotopic (exact) mass is 234 g/mol. The smallest absolute Gasteiger partial charge is 0.132 e. The quantitative estimate of drug-likeness (QED) is 0.534. The fraction of sp³-hybridized carbons (Fsp3) is 0.467. The van der Waals surface area contributed by atoms with Crippen molar-refractivity contribution in [3.8, 4) is 0 Å². The molecule has 0 saturated carbocycles. The Morgan fingerprint density at radius 1 is 1.29 bits per heavy atom. The molecule has 1 atom stereocenters. The molecule has 0 spiro atoms. The number of aliphatic hydroxyl groups excluding tert-OH is 1. The van der Waals surface area contributed by atoms with Crippen molar-refractivity contribution in [1.29, 1.82) is 0 Å². The van der Waals surface area contributed by atoms with Crippen LogP contribution in [0.2, 0.25) is 0 Å². The van der Waals surface area contributed by atoms with Gasteiger partial charge in [-0.3, -0.25) is 0 Å². The van der Waals surface area contributed by atoms with Gasteiger partial charge in [0.2, 0.25) is 0 Å². The van der Waals surface area contributed by atoms with Crippen LogP contribution in [-0.4, -0.2) is 5.11 Å². The van der Waals surface area contributed by atoms with Crippen molar-refractivity contribution < 1.29 is 9.52 Å². The summed E-state index contributed by atoms with van der Waals surface area (Å²) in [4.78, 5) is 0. The second kappa shape index (κ2) is 8.82. The lowest BCUT2D eigenvalue weighted by Gasteiger charge is -2.02. The van der Waals surface area contributed by atoms with Crippen LogP contribution in [0.4, 0.5) is 0 Å². The zero-order valence-corrected chi connectivity index (χ0v) is 10.5. The summed E-state index contributed by atoms with van der Waals surface area (Å²) < 4.78 is 5.12. The Bertz CT molecular complexity index is 323. The van der Waals surface area contributed by atoms with Crippen LogP contribution in [0, 0.1) is 0 Å². The van der Waals surface area contributed by atoms with Crippen molar-refractivity contribution in [2.75, 3.05) is 0 Å². The molecule has 1 aromatic rings. The fourth-order valence-corrected chi connectivity index (χ4v) is 1.53. The van der Waals surface area contributed by atoms with E-state index in [-0.39, 0.29) is 0 Å². The Labute approximate surface area is 104 Å². The number of unbranched alkanes of at least 4 members (excludes halogenated alkanes) is 2. The second-order valence-electron chi connectivity index (χ2n) is 4.09. The standard InChI is InChI=1S/C15H22O2/c1-2-3-4-5-6-7-8-9-11-14(16)15-12-10-13-17-15/h5-6,8-10,12-14,16H,2-4,7,11H2,1H3/b6-5+,9-8+. The maximum Gasteiger partial charge on any atom is 0.132 e. The lowest BCUT2D eigenvalue weighted by atomic mass is 10.2. The first-order valence-electron chi connectivity index (χ1n) is 6.36. The lowest BCUT2D eigenvalue weighted by molar-refractivity contribution is 0.153. The predicted molar refractivity (Wildman–Crippen MR) is 70.7 cm³/mol. The molecule has 0 aromatic carbocycles. The van der Waals surface area contributed by atoms with E-state index >= 15 is 0 Å². The van der Waals surface area contributed by atoms with Crippen molar-refractivity contribution in [2.45, 2.75) is 45.1 Å². The fourth-order valence-electron chi connectivity index (χ4n) is 1.53. The van der Waals surface area contributed by atoms with E-state index < -0.39 is 6.10 Å². The molecule has 0 bridgehead atoms. The van der Waals surface area contributed by atoms with Crippen molar-refractivity contribution >= 4 is 0 Å². The summed E-state index contributed by atoms with van der Waals surface area (Å²) in [6.45, 7) is 2.20. The Morgan fingerprint density at radius 2 is 2.12 bits per heavy atom. The number of rotatable bonds is 8. The third-order valence-corrected chi connectivity index (χ3v) is 2.56. The summed E-state index contributed by atoms with van der Waals surface area (Å²) in [5, 5.41) is 9.72. The zero-order valence-electron chi connectivity index (χ0n) is 10.5. The molecule has 0 radical (unpaired) electrons. The summed E-state index contributed by atoms with van der Waals surface area (Å²) in [6, 6.07) is 3.59. The Morgan fingerprint density at radius 3 is 2.82 bits per heavy atom. The first-order chi connectivity index (χ1) is 8.34. The van der Waals surface area contributed by atoms with Gasteiger partial charge in [-0.25, -0.2) is 0 Å². The molecule has 1 heterocycles. The van der Waals surface area contributed by atoms with Gasteiger partial charge < -0.3 is 9.52 Å². The molecular formula is C15H22O2. The van der Waals surface area contributed by atoms with E-state index in [9.17, 15) is 5.11 Å². The van der Waals surface area contributed by atoms with Gasteiger partial charge in [0, 0.05) is 0 Å². The maximum absolute atomic E-state index is 9.72. The highest BCUT2D eigenvalue weighted by Crippen LogP contribution is 2.17. The van der Waals surface area contributed by atoms with Gasteiger partial charge in [0.25, 0.3) is 0 Å². The number of hydrogen-bond donors (Lipinski definition) is 1. The summed E-state index contributed by atoms with van der Waals surface area (Å²) in [7, 11) is 0. The van der Waals surface area contributed by atoms with Gasteiger partial charge in [0.15, 0.2) is 0 Å². The van der Waals surface area contributed by atoms with Crippen molar-refractivity contribution in [3.05, 3.63) is 48.5 Å². The Kier molecular flexibility index (Phi) is 7.15. The molecule has 2 nitrogen and oxygen atoms in total. The summed E-state index contributed by atoms with van der Waals surface area (Å²) >= 11 is 0. The highest BCUT2D eigenvalue weighted by atomic mass is 16.4. The third-order valence-electron chi connectivity index (χ3n) is 2.56. The second-order valence-corrected chi connectivity index (χ2v) is 4.09. The minimum Gasteiger partial charge on any atom is -0.467 e. The molecule has 0 saturated heterocycles. The molecule has 1 rings (SSSR count). The van der Waals surface area contributed by atoms with Crippen LogP contribution in [-0.2, 0) is 0 Å². The zero-order chi connectivity index (χ0) is 12.3. The van der Waals surface area contributed by atoms with E-state index in [0.717, 1.165) is 6.42 Å².